The third kappa shape index (κ3) is 3.68. The molecule has 22 heavy (non-hydrogen) atoms. The Morgan fingerprint density at radius 2 is 2.05 bits per heavy atom. The van der Waals surface area contributed by atoms with Crippen molar-refractivity contribution < 1.29 is 22.4 Å². The first-order chi connectivity index (χ1) is 10.3. The van der Waals surface area contributed by atoms with Gasteiger partial charge in [0.25, 0.3) is 11.5 Å². The van der Waals surface area contributed by atoms with Crippen LogP contribution in [0.5, 0.6) is 0 Å². The van der Waals surface area contributed by atoms with Crippen LogP contribution in [-0.2, 0) is 12.7 Å². The molecule has 5 nitrogen and oxygen atoms in total. The van der Waals surface area contributed by atoms with E-state index in [-0.39, 0.29) is 12.2 Å². The molecule has 0 fully saturated rings. The normalized spacial score (nSPS) is 11.3. The highest BCUT2D eigenvalue weighted by Gasteiger charge is 2.32. The lowest BCUT2D eigenvalue weighted by Gasteiger charge is -2.08. The Balaban J connectivity index is 2.12. The summed E-state index contributed by atoms with van der Waals surface area (Å²) in [4.78, 5) is 28.5. The third-order valence-corrected chi connectivity index (χ3v) is 2.64. The van der Waals surface area contributed by atoms with Crippen LogP contribution in [0.3, 0.4) is 0 Å². The van der Waals surface area contributed by atoms with Crippen molar-refractivity contribution in [3.8, 4) is 0 Å². The van der Waals surface area contributed by atoms with E-state index in [9.17, 15) is 27.2 Å². The number of halogens is 4. The van der Waals surface area contributed by atoms with Crippen LogP contribution >= 0.6 is 0 Å². The zero-order chi connectivity index (χ0) is 16.3. The molecule has 0 saturated heterocycles. The van der Waals surface area contributed by atoms with Crippen LogP contribution in [0.1, 0.15) is 21.7 Å². The van der Waals surface area contributed by atoms with Crippen LogP contribution in [0.4, 0.5) is 17.6 Å². The van der Waals surface area contributed by atoms with Gasteiger partial charge >= 0.3 is 6.18 Å². The highest BCUT2D eigenvalue weighted by molar-refractivity contribution is 5.93. The van der Waals surface area contributed by atoms with Crippen molar-refractivity contribution in [2.24, 2.45) is 0 Å². The van der Waals surface area contributed by atoms with Crippen molar-refractivity contribution in [3.63, 3.8) is 0 Å². The van der Waals surface area contributed by atoms with Crippen molar-refractivity contribution >= 4 is 5.91 Å². The summed E-state index contributed by atoms with van der Waals surface area (Å²) in [5.41, 5.74) is -2.43. The predicted octanol–water partition coefficient (Wildman–Crippen LogP) is 1.86. The maximum atomic E-state index is 13.0. The van der Waals surface area contributed by atoms with Gasteiger partial charge in [-0.25, -0.2) is 9.37 Å². The number of carbonyl (C=O) groups excluding carboxylic acids is 1. The van der Waals surface area contributed by atoms with E-state index in [1.165, 1.54) is 6.07 Å². The number of alkyl halides is 3. The van der Waals surface area contributed by atoms with E-state index in [1.54, 1.807) is 0 Å². The summed E-state index contributed by atoms with van der Waals surface area (Å²) in [7, 11) is 0. The number of hydrogen-bond acceptors (Lipinski definition) is 3. The van der Waals surface area contributed by atoms with Gasteiger partial charge in [0.05, 0.1) is 12.2 Å². The molecule has 0 atom stereocenters. The minimum atomic E-state index is -4.60. The molecule has 116 valence electrons. The monoisotopic (exact) mass is 315 g/mol. The molecule has 0 radical (unpaired) electrons. The first-order valence-corrected chi connectivity index (χ1v) is 5.97. The van der Waals surface area contributed by atoms with Gasteiger partial charge in [-0.1, -0.05) is 6.07 Å². The number of nitrogens with zero attached hydrogens (tertiary/aromatic N) is 1. The fraction of sp³-hybridized carbons (Fsp3) is 0.154. The van der Waals surface area contributed by atoms with E-state index < -0.39 is 34.7 Å². The molecule has 0 aliphatic rings. The van der Waals surface area contributed by atoms with Crippen LogP contribution in [-0.4, -0.2) is 15.9 Å². The van der Waals surface area contributed by atoms with Crippen molar-refractivity contribution in [2.45, 2.75) is 12.7 Å². The topological polar surface area (TPSA) is 74.8 Å². The number of aromatic nitrogens is 2. The molecule has 2 N–H and O–H groups in total. The summed E-state index contributed by atoms with van der Waals surface area (Å²) in [6, 6.07) is 3.95. The summed E-state index contributed by atoms with van der Waals surface area (Å²) in [6.07, 6.45) is -3.81. The van der Waals surface area contributed by atoms with Gasteiger partial charge in [-0.15, -0.1) is 0 Å². The molecule has 0 saturated carbocycles. The molecule has 0 aliphatic heterocycles. The van der Waals surface area contributed by atoms with E-state index in [2.05, 4.69) is 10.3 Å². The fourth-order valence-electron chi connectivity index (χ4n) is 1.63. The summed E-state index contributed by atoms with van der Waals surface area (Å²) in [5.74, 6) is -1.73. The number of aromatic amines is 1. The predicted molar refractivity (Wildman–Crippen MR) is 67.4 cm³/mol. The second-order valence-corrected chi connectivity index (χ2v) is 4.26. The maximum absolute atomic E-state index is 13.0. The van der Waals surface area contributed by atoms with Gasteiger partial charge in [-0.3, -0.25) is 9.59 Å². The van der Waals surface area contributed by atoms with Gasteiger partial charge in [0.1, 0.15) is 17.1 Å². The summed E-state index contributed by atoms with van der Waals surface area (Å²) in [5, 5.41) is 2.21. The zero-order valence-corrected chi connectivity index (χ0v) is 10.9. The number of rotatable bonds is 3. The molecule has 0 aliphatic carbocycles. The van der Waals surface area contributed by atoms with Crippen molar-refractivity contribution in [1.29, 1.82) is 0 Å². The lowest BCUT2D eigenvalue weighted by molar-refractivity contribution is -0.141. The quantitative estimate of drug-likeness (QED) is 0.849. The molecular formula is C13H9F4N3O2. The summed E-state index contributed by atoms with van der Waals surface area (Å²) in [6.45, 7) is -0.335. The van der Waals surface area contributed by atoms with Crippen LogP contribution in [0.25, 0.3) is 0 Å². The first kappa shape index (κ1) is 15.7. The molecule has 2 aromatic rings. The van der Waals surface area contributed by atoms with Gasteiger partial charge in [-0.2, -0.15) is 13.2 Å². The standard InChI is InChI=1S/C13H9F4N3O2/c14-7-4-9(11(21)18-5-7)12(22)19-6-8-2-1-3-10(20-8)13(15,16)17/h1-5H,6H2,(H,18,21)(H,19,22). The number of nitrogens with one attached hydrogen (secondary N) is 2. The van der Waals surface area contributed by atoms with E-state index in [0.717, 1.165) is 24.4 Å². The molecule has 0 unspecified atom stereocenters. The van der Waals surface area contributed by atoms with Gasteiger partial charge < -0.3 is 10.3 Å². The highest BCUT2D eigenvalue weighted by Crippen LogP contribution is 2.27. The van der Waals surface area contributed by atoms with Crippen LogP contribution in [0.2, 0.25) is 0 Å². The molecule has 0 spiro atoms. The van der Waals surface area contributed by atoms with Gasteiger partial charge in [-0.05, 0) is 18.2 Å². The largest absolute Gasteiger partial charge is 0.433 e. The fourth-order valence-corrected chi connectivity index (χ4v) is 1.63. The number of hydrogen-bond donors (Lipinski definition) is 2. The highest BCUT2D eigenvalue weighted by atomic mass is 19.4. The Hall–Kier alpha value is -2.71. The Kier molecular flexibility index (Phi) is 4.25. The van der Waals surface area contributed by atoms with Gasteiger partial charge in [0, 0.05) is 6.20 Å². The summed E-state index contributed by atoms with van der Waals surface area (Å²) < 4.78 is 50.4. The summed E-state index contributed by atoms with van der Waals surface area (Å²) >= 11 is 0. The first-order valence-electron chi connectivity index (χ1n) is 5.97. The number of H-pyrrole nitrogens is 1. The number of carbonyl (C=O) groups is 1. The van der Waals surface area contributed by atoms with Crippen molar-refractivity contribution in [1.82, 2.24) is 15.3 Å². The lowest BCUT2D eigenvalue weighted by atomic mass is 10.2. The SMILES string of the molecule is O=C(NCc1cccc(C(F)(F)F)n1)c1cc(F)c[nH]c1=O. The van der Waals surface area contributed by atoms with E-state index in [1.807, 2.05) is 4.98 Å². The molecule has 2 rings (SSSR count). The van der Waals surface area contributed by atoms with Crippen molar-refractivity contribution in [3.05, 3.63) is 63.6 Å². The van der Waals surface area contributed by atoms with E-state index in [0.29, 0.717) is 0 Å². The van der Waals surface area contributed by atoms with Crippen LogP contribution in [0.15, 0.2) is 35.3 Å². The second-order valence-electron chi connectivity index (χ2n) is 4.26. The molecule has 0 aromatic carbocycles. The molecular weight excluding hydrogens is 306 g/mol. The number of amides is 1. The van der Waals surface area contributed by atoms with Crippen LogP contribution < -0.4 is 10.9 Å². The number of pyridine rings is 2. The Bertz CT molecular complexity index is 755. The molecule has 0 bridgehead atoms. The Labute approximate surface area is 121 Å². The van der Waals surface area contributed by atoms with Crippen LogP contribution in [0, 0.1) is 5.82 Å². The zero-order valence-electron chi connectivity index (χ0n) is 10.9. The second kappa shape index (κ2) is 5.96. The van der Waals surface area contributed by atoms with Gasteiger partial charge in [0.2, 0.25) is 0 Å². The van der Waals surface area contributed by atoms with Crippen molar-refractivity contribution in [2.75, 3.05) is 0 Å². The Morgan fingerprint density at radius 1 is 1.32 bits per heavy atom. The molecule has 2 aromatic heterocycles. The maximum Gasteiger partial charge on any atom is 0.433 e. The third-order valence-electron chi connectivity index (χ3n) is 2.64. The van der Waals surface area contributed by atoms with Gasteiger partial charge in [0.15, 0.2) is 0 Å². The molecule has 9 heteroatoms. The molecule has 1 amide bonds. The van der Waals surface area contributed by atoms with E-state index >= 15 is 0 Å². The minimum absolute atomic E-state index is 0.0454. The minimum Gasteiger partial charge on any atom is -0.346 e. The lowest BCUT2D eigenvalue weighted by Crippen LogP contribution is -2.29. The van der Waals surface area contributed by atoms with E-state index in [4.69, 9.17) is 0 Å². The Morgan fingerprint density at radius 3 is 2.73 bits per heavy atom. The average Bonchev–Trinajstić information content (AvgIpc) is 2.47. The average molecular weight is 315 g/mol. The smallest absolute Gasteiger partial charge is 0.346 e. The molecule has 2 heterocycles.